The van der Waals surface area contributed by atoms with Crippen molar-refractivity contribution in [2.45, 2.75) is 25.3 Å². The summed E-state index contributed by atoms with van der Waals surface area (Å²) in [4.78, 5) is 27.2. The largest absolute Gasteiger partial charge is 0.467 e. The topological polar surface area (TPSA) is 87.2 Å². The van der Waals surface area contributed by atoms with Gasteiger partial charge < -0.3 is 10.5 Å². The van der Waals surface area contributed by atoms with Crippen molar-refractivity contribution in [3.8, 4) is 0 Å². The molecule has 1 aromatic rings. The molecule has 0 unspecified atom stereocenters. The van der Waals surface area contributed by atoms with Gasteiger partial charge in [0.1, 0.15) is 6.04 Å². The fraction of sp³-hybridized carbons (Fsp3) is 0.500. The normalized spacial score (nSPS) is 22.9. The molecular formula is C10H13N3O3. The van der Waals surface area contributed by atoms with Gasteiger partial charge in [-0.2, -0.15) is 0 Å². The Morgan fingerprint density at radius 3 is 3.00 bits per heavy atom. The Morgan fingerprint density at radius 1 is 1.69 bits per heavy atom. The Labute approximate surface area is 92.0 Å². The van der Waals surface area contributed by atoms with E-state index in [0.29, 0.717) is 6.42 Å². The molecule has 0 spiro atoms. The highest BCUT2D eigenvalue weighted by Gasteiger charge is 2.35. The third kappa shape index (κ3) is 1.37. The van der Waals surface area contributed by atoms with E-state index in [1.165, 1.54) is 11.7 Å². The molecule has 0 saturated carbocycles. The second-order valence-corrected chi connectivity index (χ2v) is 3.92. The second-order valence-electron chi connectivity index (χ2n) is 3.92. The first-order valence-electron chi connectivity index (χ1n) is 5.01. The molecule has 2 N–H and O–H groups in total. The van der Waals surface area contributed by atoms with Crippen LogP contribution in [-0.2, 0) is 9.53 Å². The maximum atomic E-state index is 11.8. The van der Waals surface area contributed by atoms with Gasteiger partial charge in [-0.1, -0.05) is 6.92 Å². The molecule has 1 aliphatic heterocycles. The Hall–Kier alpha value is -1.85. The van der Waals surface area contributed by atoms with Crippen LogP contribution in [0.4, 0.5) is 5.82 Å². The van der Waals surface area contributed by atoms with Crippen LogP contribution in [0.1, 0.15) is 31.0 Å². The van der Waals surface area contributed by atoms with Gasteiger partial charge in [0, 0.05) is 17.8 Å². The average Bonchev–Trinajstić information content (AvgIpc) is 2.61. The van der Waals surface area contributed by atoms with E-state index in [-0.39, 0.29) is 11.7 Å². The quantitative estimate of drug-likeness (QED) is 0.679. The van der Waals surface area contributed by atoms with Crippen LogP contribution < -0.4 is 11.3 Å². The molecule has 0 radical (unpaired) electrons. The highest BCUT2D eigenvalue weighted by Crippen LogP contribution is 2.34. The molecule has 6 heteroatoms. The van der Waals surface area contributed by atoms with Gasteiger partial charge in [-0.3, -0.25) is 9.36 Å². The Bertz CT molecular complexity index is 495. The van der Waals surface area contributed by atoms with Crippen LogP contribution >= 0.6 is 0 Å². The van der Waals surface area contributed by atoms with Crippen LogP contribution in [0.15, 0.2) is 11.0 Å². The summed E-state index contributed by atoms with van der Waals surface area (Å²) in [7, 11) is 1.31. The summed E-state index contributed by atoms with van der Waals surface area (Å²) in [5.74, 6) is -0.407. The molecule has 86 valence electrons. The molecule has 2 atom stereocenters. The minimum Gasteiger partial charge on any atom is -0.467 e. The van der Waals surface area contributed by atoms with Crippen molar-refractivity contribution in [1.82, 2.24) is 9.55 Å². The number of carbonyl (C=O) groups excluding carboxylic acids is 1. The summed E-state index contributed by atoms with van der Waals surface area (Å²) < 4.78 is 6.06. The van der Waals surface area contributed by atoms with E-state index in [1.54, 1.807) is 6.20 Å². The molecule has 1 aliphatic rings. The van der Waals surface area contributed by atoms with Crippen molar-refractivity contribution in [3.63, 3.8) is 0 Å². The van der Waals surface area contributed by atoms with Crippen molar-refractivity contribution in [2.24, 2.45) is 0 Å². The van der Waals surface area contributed by atoms with Crippen LogP contribution in [0, 0.1) is 0 Å². The molecule has 0 fully saturated rings. The Morgan fingerprint density at radius 2 is 2.38 bits per heavy atom. The number of ether oxygens (including phenoxy) is 1. The van der Waals surface area contributed by atoms with Crippen LogP contribution in [0.2, 0.25) is 0 Å². The SMILES string of the molecule is COC(=O)[C@@H]1C[C@H](C)c2cnc(N)c(=O)n21. The van der Waals surface area contributed by atoms with Gasteiger partial charge in [0.2, 0.25) is 0 Å². The molecule has 16 heavy (non-hydrogen) atoms. The van der Waals surface area contributed by atoms with Gasteiger partial charge in [0.15, 0.2) is 5.82 Å². The minimum absolute atomic E-state index is 0.0910. The van der Waals surface area contributed by atoms with Crippen molar-refractivity contribution in [1.29, 1.82) is 0 Å². The van der Waals surface area contributed by atoms with E-state index in [0.717, 1.165) is 5.69 Å². The lowest BCUT2D eigenvalue weighted by molar-refractivity contribution is -0.144. The second kappa shape index (κ2) is 3.62. The number of fused-ring (bicyclic) bond motifs is 1. The van der Waals surface area contributed by atoms with E-state index in [1.807, 2.05) is 6.92 Å². The zero-order valence-corrected chi connectivity index (χ0v) is 9.14. The van der Waals surface area contributed by atoms with Gasteiger partial charge in [0.25, 0.3) is 5.56 Å². The summed E-state index contributed by atoms with van der Waals surface area (Å²) >= 11 is 0. The summed E-state index contributed by atoms with van der Waals surface area (Å²) in [6.45, 7) is 1.94. The van der Waals surface area contributed by atoms with Crippen molar-refractivity contribution >= 4 is 11.8 Å². The Balaban J connectivity index is 2.59. The smallest absolute Gasteiger partial charge is 0.328 e. The molecule has 1 aromatic heterocycles. The predicted octanol–water partition coefficient (Wildman–Crippen LogP) is 0.0468. The predicted molar refractivity (Wildman–Crippen MR) is 57.0 cm³/mol. The fourth-order valence-electron chi connectivity index (χ4n) is 2.08. The van der Waals surface area contributed by atoms with Crippen molar-refractivity contribution < 1.29 is 9.53 Å². The maximum absolute atomic E-state index is 11.8. The fourth-order valence-corrected chi connectivity index (χ4v) is 2.08. The third-order valence-electron chi connectivity index (χ3n) is 2.92. The number of nitrogen functional groups attached to an aromatic ring is 1. The number of hydrogen-bond donors (Lipinski definition) is 1. The summed E-state index contributed by atoms with van der Waals surface area (Å²) in [6.07, 6.45) is 2.09. The first-order chi connectivity index (χ1) is 7.56. The highest BCUT2D eigenvalue weighted by atomic mass is 16.5. The standard InChI is InChI=1S/C10H13N3O3/c1-5-3-6(10(15)16-2)13-7(5)4-12-8(11)9(13)14/h4-6H,3H2,1-2H3,(H2,11,12)/t5-,6-/m0/s1. The third-order valence-corrected chi connectivity index (χ3v) is 2.92. The number of esters is 1. The summed E-state index contributed by atoms with van der Waals surface area (Å²) in [5, 5.41) is 0. The molecular weight excluding hydrogens is 210 g/mol. The van der Waals surface area contributed by atoms with E-state index < -0.39 is 17.6 Å². The maximum Gasteiger partial charge on any atom is 0.328 e. The molecule has 2 heterocycles. The molecule has 0 bridgehead atoms. The molecule has 0 saturated heterocycles. The lowest BCUT2D eigenvalue weighted by atomic mass is 10.1. The molecule has 0 aromatic carbocycles. The van der Waals surface area contributed by atoms with Gasteiger partial charge in [0.05, 0.1) is 7.11 Å². The highest BCUT2D eigenvalue weighted by molar-refractivity contribution is 5.75. The van der Waals surface area contributed by atoms with E-state index >= 15 is 0 Å². The van der Waals surface area contributed by atoms with E-state index in [9.17, 15) is 9.59 Å². The zero-order chi connectivity index (χ0) is 11.9. The van der Waals surface area contributed by atoms with Crippen LogP contribution in [0.3, 0.4) is 0 Å². The van der Waals surface area contributed by atoms with Crippen LogP contribution in [0.5, 0.6) is 0 Å². The zero-order valence-electron chi connectivity index (χ0n) is 9.14. The number of aromatic nitrogens is 2. The number of anilines is 1. The Kier molecular flexibility index (Phi) is 2.41. The van der Waals surface area contributed by atoms with Crippen LogP contribution in [-0.4, -0.2) is 22.6 Å². The first kappa shape index (κ1) is 10.7. The summed E-state index contributed by atoms with van der Waals surface area (Å²) in [6, 6.07) is -0.576. The lowest BCUT2D eigenvalue weighted by Crippen LogP contribution is -2.30. The number of nitrogens with zero attached hydrogens (tertiary/aromatic N) is 2. The number of nitrogens with two attached hydrogens (primary N) is 1. The van der Waals surface area contributed by atoms with Crippen molar-refractivity contribution in [2.75, 3.05) is 12.8 Å². The number of hydrogen-bond acceptors (Lipinski definition) is 5. The number of carbonyl (C=O) groups is 1. The molecule has 0 aliphatic carbocycles. The van der Waals surface area contributed by atoms with Gasteiger partial charge in [-0.25, -0.2) is 9.78 Å². The van der Waals surface area contributed by atoms with Gasteiger partial charge in [-0.15, -0.1) is 0 Å². The molecule has 6 nitrogen and oxygen atoms in total. The first-order valence-corrected chi connectivity index (χ1v) is 5.01. The van der Waals surface area contributed by atoms with Crippen LogP contribution in [0.25, 0.3) is 0 Å². The molecule has 0 amide bonds. The van der Waals surface area contributed by atoms with E-state index in [4.69, 9.17) is 5.73 Å². The summed E-state index contributed by atoms with van der Waals surface area (Å²) in [5.41, 5.74) is 5.76. The monoisotopic (exact) mass is 223 g/mol. The van der Waals surface area contributed by atoms with Gasteiger partial charge >= 0.3 is 5.97 Å². The van der Waals surface area contributed by atoms with E-state index in [2.05, 4.69) is 9.72 Å². The van der Waals surface area contributed by atoms with Crippen molar-refractivity contribution in [3.05, 3.63) is 22.2 Å². The lowest BCUT2D eigenvalue weighted by Gasteiger charge is -2.11. The van der Waals surface area contributed by atoms with Gasteiger partial charge in [-0.05, 0) is 6.42 Å². The minimum atomic E-state index is -0.576. The molecule has 2 rings (SSSR count). The number of rotatable bonds is 1. The average molecular weight is 223 g/mol. The number of methoxy groups -OCH3 is 1.